The average Bonchev–Trinajstić information content (AvgIpc) is 4.04. The summed E-state index contributed by atoms with van der Waals surface area (Å²) in [6.45, 7) is 0. The van der Waals surface area contributed by atoms with Gasteiger partial charge in [-0.3, -0.25) is 0 Å². The van der Waals surface area contributed by atoms with Gasteiger partial charge in [-0.15, -0.1) is 11.3 Å². The van der Waals surface area contributed by atoms with E-state index in [4.69, 9.17) is 13.8 Å². The molecule has 0 aliphatic heterocycles. The van der Waals surface area contributed by atoms with E-state index in [1.807, 2.05) is 53.8 Å². The smallest absolute Gasteiger partial charge is 0.227 e. The quantitative estimate of drug-likeness (QED) is 0.161. The number of nitrogens with zero attached hydrogens (tertiary/aromatic N) is 2. The number of hydrogen-bond acceptors (Lipinski definition) is 5. The number of hydrogen-bond donors (Lipinski definition) is 0. The Kier molecular flexibility index (Phi) is 8.00. The molecule has 0 radical (unpaired) electrons. The minimum absolute atomic E-state index is 0.599. The summed E-state index contributed by atoms with van der Waals surface area (Å²) in [7, 11) is 0. The Morgan fingerprint density at radius 1 is 0.400 bits per heavy atom. The Labute approximate surface area is 349 Å². The molecule has 0 saturated heterocycles. The summed E-state index contributed by atoms with van der Waals surface area (Å²) in [5.74, 6) is 0.599. The molecule has 5 heteroatoms. The molecule has 282 valence electrons. The van der Waals surface area contributed by atoms with E-state index >= 15 is 0 Å². The fourth-order valence-electron chi connectivity index (χ4n) is 8.58. The molecule has 0 fully saturated rings. The summed E-state index contributed by atoms with van der Waals surface area (Å²) in [5, 5.41) is 4.56. The second-order valence-corrected chi connectivity index (χ2v) is 16.2. The number of aromatic nitrogens is 1. The molecule has 3 heterocycles. The summed E-state index contributed by atoms with van der Waals surface area (Å²) < 4.78 is 15.4. The molecule has 0 atom stereocenters. The Bertz CT molecular complexity index is 3510. The molecule has 12 rings (SSSR count). The van der Waals surface area contributed by atoms with Crippen LogP contribution in [0.25, 0.3) is 98.0 Å². The maximum atomic E-state index is 6.43. The van der Waals surface area contributed by atoms with Crippen molar-refractivity contribution < 1.29 is 8.83 Å². The molecule has 9 aromatic carbocycles. The first-order valence-electron chi connectivity index (χ1n) is 20.1. The van der Waals surface area contributed by atoms with Crippen LogP contribution in [0.4, 0.5) is 17.1 Å². The maximum absolute atomic E-state index is 6.43. The summed E-state index contributed by atoms with van der Waals surface area (Å²) >= 11 is 1.86. The maximum Gasteiger partial charge on any atom is 0.227 e. The number of rotatable bonds is 7. The lowest BCUT2D eigenvalue weighted by Gasteiger charge is -2.26. The number of thiophene rings is 1. The van der Waals surface area contributed by atoms with Crippen LogP contribution in [-0.2, 0) is 0 Å². The predicted molar refractivity (Wildman–Crippen MR) is 251 cm³/mol. The number of furan rings is 1. The molecular weight excluding hydrogens is 753 g/mol. The summed E-state index contributed by atoms with van der Waals surface area (Å²) in [6, 6.07) is 72.9. The highest BCUT2D eigenvalue weighted by atomic mass is 32.1. The highest BCUT2D eigenvalue weighted by Gasteiger charge is 2.19. The van der Waals surface area contributed by atoms with Gasteiger partial charge in [0.1, 0.15) is 16.7 Å². The van der Waals surface area contributed by atoms with Gasteiger partial charge in [0.2, 0.25) is 5.89 Å². The second-order valence-electron chi connectivity index (χ2n) is 15.1. The van der Waals surface area contributed by atoms with Gasteiger partial charge in [-0.2, -0.15) is 0 Å². The van der Waals surface area contributed by atoms with E-state index in [2.05, 4.69) is 169 Å². The van der Waals surface area contributed by atoms with Crippen LogP contribution < -0.4 is 4.90 Å². The monoisotopic (exact) mass is 786 g/mol. The van der Waals surface area contributed by atoms with Gasteiger partial charge in [0.25, 0.3) is 0 Å². The molecule has 0 aliphatic rings. The second kappa shape index (κ2) is 14.0. The van der Waals surface area contributed by atoms with Crippen molar-refractivity contribution in [1.29, 1.82) is 0 Å². The van der Waals surface area contributed by atoms with Gasteiger partial charge in [0, 0.05) is 48.2 Å². The third-order valence-corrected chi connectivity index (χ3v) is 12.8. The molecule has 3 aromatic heterocycles. The fraction of sp³-hybridized carbons (Fsp3) is 0. The van der Waals surface area contributed by atoms with Crippen molar-refractivity contribution in [2.45, 2.75) is 0 Å². The van der Waals surface area contributed by atoms with Crippen LogP contribution in [0.2, 0.25) is 0 Å². The molecule has 60 heavy (non-hydrogen) atoms. The lowest BCUT2D eigenvalue weighted by atomic mass is 10.0. The first-order chi connectivity index (χ1) is 29.7. The number of anilines is 3. The first kappa shape index (κ1) is 34.3. The van der Waals surface area contributed by atoms with Crippen LogP contribution in [-0.4, -0.2) is 4.98 Å². The SMILES string of the molecule is c1ccc(-c2ccc(N(c3ccc(-c4ccc5oc6ccc7nc(-c8ccccc8)oc7c6c5c4)cc3)c3ccc(-c4cccc5c4sc4ccccc45)cc3)cc2)cc1. The zero-order valence-electron chi connectivity index (χ0n) is 32.2. The Morgan fingerprint density at radius 2 is 0.967 bits per heavy atom. The molecular formula is C55H34N2O2S. The highest BCUT2D eigenvalue weighted by Crippen LogP contribution is 2.43. The lowest BCUT2D eigenvalue weighted by molar-refractivity contribution is 0.622. The van der Waals surface area contributed by atoms with Crippen LogP contribution in [0.1, 0.15) is 0 Å². The molecule has 0 unspecified atom stereocenters. The van der Waals surface area contributed by atoms with Gasteiger partial charge in [0.05, 0.1) is 5.39 Å². The molecule has 12 aromatic rings. The topological polar surface area (TPSA) is 42.4 Å². The molecule has 0 saturated carbocycles. The largest absolute Gasteiger partial charge is 0.456 e. The van der Waals surface area contributed by atoms with Gasteiger partial charge in [-0.1, -0.05) is 127 Å². The summed E-state index contributed by atoms with van der Waals surface area (Å²) in [6.07, 6.45) is 0. The zero-order chi connectivity index (χ0) is 39.6. The first-order valence-corrected chi connectivity index (χ1v) is 20.9. The van der Waals surface area contributed by atoms with E-state index in [9.17, 15) is 0 Å². The van der Waals surface area contributed by atoms with Gasteiger partial charge in [-0.05, 0) is 112 Å². The van der Waals surface area contributed by atoms with E-state index in [1.165, 1.54) is 42.4 Å². The van der Waals surface area contributed by atoms with Gasteiger partial charge in [-0.25, -0.2) is 4.98 Å². The van der Waals surface area contributed by atoms with Crippen LogP contribution >= 0.6 is 11.3 Å². The van der Waals surface area contributed by atoms with Crippen LogP contribution in [0.3, 0.4) is 0 Å². The third kappa shape index (κ3) is 5.78. The standard InChI is InChI=1S/C55H34N2O2S/c1-3-10-35(11-4-1)36-18-25-41(26-19-36)57(43-29-22-38(23-30-43)44-15-9-16-46-45-14-7-8-17-51(45)60-54(44)46)42-27-20-37(21-28-42)40-24-32-49-47(34-40)52-50(58-49)33-31-48-53(52)59-55(56-48)39-12-5-2-6-13-39/h1-34H. The van der Waals surface area contributed by atoms with Crippen molar-refractivity contribution >= 4 is 81.6 Å². The molecule has 0 bridgehead atoms. The van der Waals surface area contributed by atoms with Crippen molar-refractivity contribution in [3.8, 4) is 44.8 Å². The Balaban J connectivity index is 0.926. The van der Waals surface area contributed by atoms with E-state index in [0.717, 1.165) is 66.8 Å². The average molecular weight is 787 g/mol. The van der Waals surface area contributed by atoms with E-state index in [0.29, 0.717) is 5.89 Å². The van der Waals surface area contributed by atoms with Crippen molar-refractivity contribution in [3.05, 3.63) is 206 Å². The normalized spacial score (nSPS) is 11.7. The van der Waals surface area contributed by atoms with E-state index in [1.54, 1.807) is 0 Å². The van der Waals surface area contributed by atoms with Gasteiger partial charge in [0.15, 0.2) is 5.58 Å². The summed E-state index contributed by atoms with van der Waals surface area (Å²) in [4.78, 5) is 7.16. The highest BCUT2D eigenvalue weighted by molar-refractivity contribution is 7.26. The third-order valence-electron chi connectivity index (χ3n) is 11.5. The molecule has 0 aliphatic carbocycles. The lowest BCUT2D eigenvalue weighted by Crippen LogP contribution is -2.09. The van der Waals surface area contributed by atoms with Crippen molar-refractivity contribution in [2.24, 2.45) is 0 Å². The predicted octanol–water partition coefficient (Wildman–Crippen LogP) is 16.2. The van der Waals surface area contributed by atoms with Gasteiger partial charge < -0.3 is 13.7 Å². The van der Waals surface area contributed by atoms with Crippen molar-refractivity contribution in [3.63, 3.8) is 0 Å². The van der Waals surface area contributed by atoms with Crippen LogP contribution in [0.15, 0.2) is 215 Å². The zero-order valence-corrected chi connectivity index (χ0v) is 33.1. The molecule has 0 amide bonds. The number of oxazole rings is 1. The Morgan fingerprint density at radius 3 is 1.68 bits per heavy atom. The summed E-state index contributed by atoms with van der Waals surface area (Å²) in [5.41, 5.74) is 14.3. The van der Waals surface area contributed by atoms with Crippen molar-refractivity contribution in [2.75, 3.05) is 4.90 Å². The van der Waals surface area contributed by atoms with E-state index in [-0.39, 0.29) is 0 Å². The number of benzene rings is 9. The van der Waals surface area contributed by atoms with Crippen LogP contribution in [0, 0.1) is 0 Å². The molecule has 0 spiro atoms. The van der Waals surface area contributed by atoms with Crippen LogP contribution in [0.5, 0.6) is 0 Å². The Hall–Kier alpha value is -7.73. The fourth-order valence-corrected chi connectivity index (χ4v) is 9.82. The number of fused-ring (bicyclic) bond motifs is 8. The molecule has 0 N–H and O–H groups in total. The molecule has 4 nitrogen and oxygen atoms in total. The van der Waals surface area contributed by atoms with E-state index < -0.39 is 0 Å². The van der Waals surface area contributed by atoms with Crippen molar-refractivity contribution in [1.82, 2.24) is 4.98 Å². The van der Waals surface area contributed by atoms with Gasteiger partial charge >= 0.3 is 0 Å². The minimum atomic E-state index is 0.599. The minimum Gasteiger partial charge on any atom is -0.456 e.